The molecule has 0 radical (unpaired) electrons. The van der Waals surface area contributed by atoms with E-state index in [1.54, 1.807) is 18.2 Å². The van der Waals surface area contributed by atoms with Crippen molar-refractivity contribution in [3.63, 3.8) is 0 Å². The monoisotopic (exact) mass is 559 g/mol. The van der Waals surface area contributed by atoms with Crippen molar-refractivity contribution in [1.29, 1.82) is 0 Å². The lowest BCUT2D eigenvalue weighted by atomic mass is 10.2. The van der Waals surface area contributed by atoms with Gasteiger partial charge in [0.25, 0.3) is 10.0 Å². The molecule has 0 aliphatic rings. The van der Waals surface area contributed by atoms with E-state index in [1.165, 1.54) is 0 Å². The van der Waals surface area contributed by atoms with Crippen molar-refractivity contribution in [2.24, 2.45) is 0 Å². The summed E-state index contributed by atoms with van der Waals surface area (Å²) < 4.78 is 30.2. The van der Waals surface area contributed by atoms with Gasteiger partial charge in [-0.15, -0.1) is 0 Å². The molecular weight excluding hydrogens is 554 g/mol. The maximum atomic E-state index is 12.6. The number of sulfonamides is 1. The van der Waals surface area contributed by atoms with Crippen molar-refractivity contribution in [3.05, 3.63) is 53.8 Å². The van der Waals surface area contributed by atoms with Gasteiger partial charge in [0.15, 0.2) is 0 Å². The zero-order chi connectivity index (χ0) is 15.8. The molecule has 0 atom stereocenters. The third-order valence-electron chi connectivity index (χ3n) is 2.61. The zero-order valence-electron chi connectivity index (χ0n) is 10.6. The third kappa shape index (κ3) is 4.10. The third-order valence-corrected chi connectivity index (χ3v) is 6.69. The predicted octanol–water partition coefficient (Wildman–Crippen LogP) is 5.85. The lowest BCUT2D eigenvalue weighted by Crippen LogP contribution is -2.14. The predicted molar refractivity (Wildman–Crippen MR) is 99.2 cm³/mol. The first-order chi connectivity index (χ1) is 9.70. The molecule has 21 heavy (non-hydrogen) atoms. The molecule has 2 aromatic rings. The molecule has 0 aromatic heterocycles. The van der Waals surface area contributed by atoms with Crippen LogP contribution in [0.4, 0.5) is 5.69 Å². The van der Waals surface area contributed by atoms with Crippen LogP contribution in [-0.4, -0.2) is 8.42 Å². The van der Waals surface area contributed by atoms with Gasteiger partial charge in [-0.05, 0) is 90.6 Å². The van der Waals surface area contributed by atoms with Crippen LogP contribution in [0.3, 0.4) is 0 Å². The molecule has 2 rings (SSSR count). The summed E-state index contributed by atoms with van der Waals surface area (Å²) in [5, 5.41) is 0. The normalized spacial score (nSPS) is 11.5. The van der Waals surface area contributed by atoms with Crippen LogP contribution in [0.15, 0.2) is 53.1 Å². The Morgan fingerprint density at radius 1 is 0.905 bits per heavy atom. The van der Waals surface area contributed by atoms with Gasteiger partial charge in [-0.2, -0.15) is 0 Å². The maximum absolute atomic E-state index is 12.6. The van der Waals surface area contributed by atoms with Crippen molar-refractivity contribution in [3.8, 4) is 0 Å². The van der Waals surface area contributed by atoms with Gasteiger partial charge in [-0.3, -0.25) is 4.72 Å². The second kappa shape index (κ2) is 6.70. The SMILES string of the molecule is Cc1cc(Br)c(NS(=O)(=O)c2cc(Br)ccc2Br)c(Br)c1. The first-order valence-corrected chi connectivity index (χ1v) is 10.3. The lowest BCUT2D eigenvalue weighted by molar-refractivity contribution is 0.600. The first-order valence-electron chi connectivity index (χ1n) is 5.64. The molecule has 0 bridgehead atoms. The Kier molecular flexibility index (Phi) is 5.57. The minimum Gasteiger partial charge on any atom is -0.277 e. The molecule has 0 unspecified atom stereocenters. The summed E-state index contributed by atoms with van der Waals surface area (Å²) >= 11 is 13.3. The van der Waals surface area contributed by atoms with Crippen LogP contribution in [0.5, 0.6) is 0 Å². The van der Waals surface area contributed by atoms with E-state index < -0.39 is 10.0 Å². The summed E-state index contributed by atoms with van der Waals surface area (Å²) in [5.41, 5.74) is 1.48. The van der Waals surface area contributed by atoms with Gasteiger partial charge in [-0.25, -0.2) is 8.42 Å². The van der Waals surface area contributed by atoms with Crippen molar-refractivity contribution in [2.45, 2.75) is 11.8 Å². The minimum absolute atomic E-state index is 0.163. The molecule has 0 heterocycles. The number of nitrogens with one attached hydrogen (secondary N) is 1. The standard InChI is InChI=1S/C13H9Br4NO2S/c1-7-4-10(16)13(11(17)5-7)18-21(19,20)12-6-8(14)2-3-9(12)15/h2-6,18H,1H3. The summed E-state index contributed by atoms with van der Waals surface area (Å²) in [5.74, 6) is 0. The number of aryl methyl sites for hydroxylation is 1. The Balaban J connectivity index is 2.50. The number of anilines is 1. The van der Waals surface area contributed by atoms with Crippen LogP contribution in [0, 0.1) is 6.92 Å². The Morgan fingerprint density at radius 2 is 1.48 bits per heavy atom. The van der Waals surface area contributed by atoms with Gasteiger partial charge < -0.3 is 0 Å². The van der Waals surface area contributed by atoms with Gasteiger partial charge in [-0.1, -0.05) is 15.9 Å². The van der Waals surface area contributed by atoms with Gasteiger partial charge in [0, 0.05) is 17.9 Å². The van der Waals surface area contributed by atoms with Gasteiger partial charge in [0.05, 0.1) is 5.69 Å². The molecule has 0 aliphatic heterocycles. The highest BCUT2D eigenvalue weighted by molar-refractivity contribution is 9.11. The van der Waals surface area contributed by atoms with E-state index in [0.29, 0.717) is 23.6 Å². The van der Waals surface area contributed by atoms with Crippen LogP contribution >= 0.6 is 63.7 Å². The Morgan fingerprint density at radius 3 is 2.05 bits per heavy atom. The molecule has 0 spiro atoms. The second-order valence-corrected chi connectivity index (χ2v) is 9.41. The summed E-state index contributed by atoms with van der Waals surface area (Å²) in [7, 11) is -3.71. The van der Waals surface area contributed by atoms with Crippen LogP contribution < -0.4 is 4.72 Å². The molecule has 3 nitrogen and oxygen atoms in total. The number of hydrogen-bond donors (Lipinski definition) is 1. The minimum atomic E-state index is -3.71. The van der Waals surface area contributed by atoms with Crippen LogP contribution in [0.25, 0.3) is 0 Å². The average molecular weight is 563 g/mol. The fourth-order valence-electron chi connectivity index (χ4n) is 1.67. The molecule has 0 amide bonds. The summed E-state index contributed by atoms with van der Waals surface area (Å²) in [6.07, 6.45) is 0. The number of hydrogen-bond acceptors (Lipinski definition) is 2. The van der Waals surface area contributed by atoms with E-state index in [-0.39, 0.29) is 4.90 Å². The lowest BCUT2D eigenvalue weighted by Gasteiger charge is -2.13. The molecule has 1 N–H and O–H groups in total. The van der Waals surface area contributed by atoms with E-state index >= 15 is 0 Å². The molecular formula is C13H9Br4NO2S. The zero-order valence-corrected chi connectivity index (χ0v) is 17.8. The molecule has 0 saturated heterocycles. The van der Waals surface area contributed by atoms with Crippen molar-refractivity contribution in [2.75, 3.05) is 4.72 Å². The van der Waals surface area contributed by atoms with Gasteiger partial charge in [0.1, 0.15) is 4.90 Å². The molecule has 0 saturated carbocycles. The largest absolute Gasteiger partial charge is 0.277 e. The highest BCUT2D eigenvalue weighted by Crippen LogP contribution is 2.35. The highest BCUT2D eigenvalue weighted by atomic mass is 79.9. The summed E-state index contributed by atoms with van der Waals surface area (Å²) in [4.78, 5) is 0.163. The summed E-state index contributed by atoms with van der Waals surface area (Å²) in [6.45, 7) is 1.93. The Hall–Kier alpha value is 0.110. The fraction of sp³-hybridized carbons (Fsp3) is 0.0769. The van der Waals surface area contributed by atoms with Gasteiger partial charge >= 0.3 is 0 Å². The van der Waals surface area contributed by atoms with E-state index in [2.05, 4.69) is 68.4 Å². The Labute approximate surface area is 157 Å². The topological polar surface area (TPSA) is 46.2 Å². The van der Waals surface area contributed by atoms with E-state index in [0.717, 1.165) is 5.56 Å². The van der Waals surface area contributed by atoms with Crippen molar-refractivity contribution in [1.82, 2.24) is 0 Å². The van der Waals surface area contributed by atoms with E-state index in [1.807, 2.05) is 19.1 Å². The summed E-state index contributed by atoms with van der Waals surface area (Å²) in [6, 6.07) is 8.68. The molecule has 8 heteroatoms. The van der Waals surface area contributed by atoms with E-state index in [9.17, 15) is 8.42 Å². The molecule has 0 aliphatic carbocycles. The average Bonchev–Trinajstić information content (AvgIpc) is 2.36. The molecule has 112 valence electrons. The number of benzene rings is 2. The highest BCUT2D eigenvalue weighted by Gasteiger charge is 2.20. The number of rotatable bonds is 3. The fourth-order valence-corrected chi connectivity index (χ4v) is 6.15. The second-order valence-electron chi connectivity index (χ2n) is 4.28. The first kappa shape index (κ1) is 17.5. The van der Waals surface area contributed by atoms with Crippen LogP contribution in [0.1, 0.15) is 5.56 Å². The quantitative estimate of drug-likeness (QED) is 0.511. The smallest absolute Gasteiger partial charge is 0.263 e. The maximum Gasteiger partial charge on any atom is 0.263 e. The van der Waals surface area contributed by atoms with Crippen LogP contribution in [-0.2, 0) is 10.0 Å². The van der Waals surface area contributed by atoms with Gasteiger partial charge in [0.2, 0.25) is 0 Å². The van der Waals surface area contributed by atoms with Crippen LogP contribution in [0.2, 0.25) is 0 Å². The van der Waals surface area contributed by atoms with Crippen molar-refractivity contribution >= 4 is 79.4 Å². The van der Waals surface area contributed by atoms with E-state index in [4.69, 9.17) is 0 Å². The molecule has 0 fully saturated rings. The number of halogens is 4. The molecule has 2 aromatic carbocycles. The van der Waals surface area contributed by atoms with Crippen molar-refractivity contribution < 1.29 is 8.42 Å². The Bertz CT molecular complexity index is 783.